The van der Waals surface area contributed by atoms with E-state index >= 15 is 0 Å². The lowest BCUT2D eigenvalue weighted by Gasteiger charge is -2.13. The quantitative estimate of drug-likeness (QED) is 0.288. The maximum Gasteiger partial charge on any atom is 0.450 e. The molecule has 1 heterocycles. The van der Waals surface area contributed by atoms with Crippen molar-refractivity contribution in [2.24, 2.45) is 0 Å². The van der Waals surface area contributed by atoms with Gasteiger partial charge < -0.3 is 9.15 Å². The molecule has 0 N–H and O–H groups in total. The van der Waals surface area contributed by atoms with Gasteiger partial charge >= 0.3 is 6.18 Å². The number of halogens is 4. The summed E-state index contributed by atoms with van der Waals surface area (Å²) in [5.74, 6) is -1.04. The van der Waals surface area contributed by atoms with Gasteiger partial charge in [0.25, 0.3) is 0 Å². The molecule has 0 atom stereocenters. The molecule has 0 aliphatic heterocycles. The molecule has 0 aliphatic carbocycles. The topological polar surface area (TPSA) is 39.4 Å². The van der Waals surface area contributed by atoms with E-state index in [1.807, 2.05) is 36.4 Å². The number of ether oxygens (including phenoxy) is 1. The molecule has 4 rings (SSSR count). The van der Waals surface area contributed by atoms with Gasteiger partial charge in [-0.2, -0.15) is 13.2 Å². The van der Waals surface area contributed by atoms with Crippen molar-refractivity contribution in [3.05, 3.63) is 105 Å². The van der Waals surface area contributed by atoms with Gasteiger partial charge in [0, 0.05) is 10.5 Å². The van der Waals surface area contributed by atoms with Crippen LogP contribution in [0.4, 0.5) is 13.2 Å². The van der Waals surface area contributed by atoms with E-state index in [9.17, 15) is 18.0 Å². The summed E-state index contributed by atoms with van der Waals surface area (Å²) in [6, 6.07) is 19.9. The number of rotatable bonds is 5. The van der Waals surface area contributed by atoms with Crippen molar-refractivity contribution in [2.45, 2.75) is 6.18 Å². The SMILES string of the molecule is O=c1c(-c2ccc(Br)cc2)c(C(F)(F)F)oc2cc(OC/C=C/c3ccccc3)ccc12. The standard InChI is InChI=1S/C25H16BrF3O3/c26-18-10-8-17(9-11-18)22-23(30)20-13-12-19(15-21(20)32-24(22)25(27,28)29)31-14-4-7-16-5-2-1-3-6-16/h1-13,15H,14H2/b7-4+. The second-order valence-corrected chi connectivity index (χ2v) is 7.84. The average molecular weight is 501 g/mol. The number of hydrogen-bond donors (Lipinski definition) is 0. The Hall–Kier alpha value is -3.32. The number of fused-ring (bicyclic) bond motifs is 1. The first-order chi connectivity index (χ1) is 15.3. The molecule has 1 aromatic heterocycles. The van der Waals surface area contributed by atoms with Crippen molar-refractivity contribution < 1.29 is 22.3 Å². The molecule has 0 amide bonds. The van der Waals surface area contributed by atoms with Gasteiger partial charge in [0.05, 0.1) is 10.9 Å². The Kier molecular flexibility index (Phi) is 6.19. The summed E-state index contributed by atoms with van der Waals surface area (Å²) in [5.41, 5.74) is -0.334. The third-order valence-electron chi connectivity index (χ3n) is 4.71. The summed E-state index contributed by atoms with van der Waals surface area (Å²) in [5, 5.41) is 0.0445. The molecule has 162 valence electrons. The van der Waals surface area contributed by atoms with Gasteiger partial charge in [-0.1, -0.05) is 64.5 Å². The predicted molar refractivity (Wildman–Crippen MR) is 122 cm³/mol. The van der Waals surface area contributed by atoms with E-state index in [0.717, 1.165) is 5.56 Å². The molecule has 32 heavy (non-hydrogen) atoms. The first-order valence-corrected chi connectivity index (χ1v) is 10.4. The van der Waals surface area contributed by atoms with Crippen molar-refractivity contribution in [1.29, 1.82) is 0 Å². The van der Waals surface area contributed by atoms with Gasteiger partial charge in [0.1, 0.15) is 17.9 Å². The highest BCUT2D eigenvalue weighted by molar-refractivity contribution is 9.10. The molecule has 0 unspecified atom stereocenters. The zero-order valence-corrected chi connectivity index (χ0v) is 18.1. The Labute approximate surface area is 189 Å². The van der Waals surface area contributed by atoms with Crippen LogP contribution in [0, 0.1) is 0 Å². The Morgan fingerprint density at radius 3 is 2.38 bits per heavy atom. The summed E-state index contributed by atoms with van der Waals surface area (Å²) in [4.78, 5) is 13.0. The third-order valence-corrected chi connectivity index (χ3v) is 5.24. The first-order valence-electron chi connectivity index (χ1n) is 9.61. The Balaban J connectivity index is 1.69. The van der Waals surface area contributed by atoms with Crippen LogP contribution in [0.15, 0.2) is 92.6 Å². The van der Waals surface area contributed by atoms with E-state index in [1.54, 1.807) is 18.2 Å². The summed E-state index contributed by atoms with van der Waals surface area (Å²) < 4.78 is 52.7. The fourth-order valence-corrected chi connectivity index (χ4v) is 3.50. The van der Waals surface area contributed by atoms with Crippen molar-refractivity contribution >= 4 is 33.0 Å². The summed E-state index contributed by atoms with van der Waals surface area (Å²) in [6.45, 7) is 0.202. The van der Waals surface area contributed by atoms with Gasteiger partial charge in [0.2, 0.25) is 11.2 Å². The van der Waals surface area contributed by atoms with Gasteiger partial charge in [-0.05, 0) is 41.5 Å². The average Bonchev–Trinajstić information content (AvgIpc) is 2.77. The van der Waals surface area contributed by atoms with Crippen molar-refractivity contribution in [3.63, 3.8) is 0 Å². The third kappa shape index (κ3) is 4.78. The van der Waals surface area contributed by atoms with Gasteiger partial charge in [0.15, 0.2) is 0 Å². The van der Waals surface area contributed by atoms with Crippen molar-refractivity contribution in [3.8, 4) is 16.9 Å². The van der Waals surface area contributed by atoms with E-state index in [1.165, 1.54) is 30.3 Å². The highest BCUT2D eigenvalue weighted by atomic mass is 79.9. The van der Waals surface area contributed by atoms with E-state index in [2.05, 4.69) is 15.9 Å². The molecule has 0 bridgehead atoms. The van der Waals surface area contributed by atoms with Crippen LogP contribution in [0.3, 0.4) is 0 Å². The normalized spacial score (nSPS) is 11.9. The van der Waals surface area contributed by atoms with Crippen LogP contribution in [-0.4, -0.2) is 6.61 Å². The highest BCUT2D eigenvalue weighted by Gasteiger charge is 2.39. The van der Waals surface area contributed by atoms with Crippen LogP contribution >= 0.6 is 15.9 Å². The molecular formula is C25H16BrF3O3. The fraction of sp³-hybridized carbons (Fsp3) is 0.0800. The Morgan fingerprint density at radius 2 is 1.69 bits per heavy atom. The van der Waals surface area contributed by atoms with Gasteiger partial charge in [-0.3, -0.25) is 4.79 Å². The maximum absolute atomic E-state index is 13.7. The van der Waals surface area contributed by atoms with Gasteiger partial charge in [-0.15, -0.1) is 0 Å². The summed E-state index contributed by atoms with van der Waals surface area (Å²) in [7, 11) is 0. The molecule has 7 heteroatoms. The number of hydrogen-bond acceptors (Lipinski definition) is 3. The van der Waals surface area contributed by atoms with Crippen LogP contribution in [-0.2, 0) is 6.18 Å². The highest BCUT2D eigenvalue weighted by Crippen LogP contribution is 2.38. The van der Waals surface area contributed by atoms with Crippen molar-refractivity contribution in [2.75, 3.05) is 6.61 Å². The Bertz CT molecular complexity index is 1330. The summed E-state index contributed by atoms with van der Waals surface area (Å²) >= 11 is 3.24. The first kappa shape index (κ1) is 21.9. The second-order valence-electron chi connectivity index (χ2n) is 6.92. The van der Waals surface area contributed by atoms with Crippen LogP contribution in [0.5, 0.6) is 5.75 Å². The molecule has 0 radical (unpaired) electrons. The monoisotopic (exact) mass is 500 g/mol. The fourth-order valence-electron chi connectivity index (χ4n) is 3.23. The molecule has 4 aromatic rings. The maximum atomic E-state index is 13.7. The minimum Gasteiger partial charge on any atom is -0.489 e. The van der Waals surface area contributed by atoms with Gasteiger partial charge in [-0.25, -0.2) is 0 Å². The molecule has 0 spiro atoms. The lowest BCUT2D eigenvalue weighted by Crippen LogP contribution is -2.16. The molecule has 0 saturated heterocycles. The predicted octanol–water partition coefficient (Wildman–Crippen LogP) is 7.33. The van der Waals surface area contributed by atoms with Crippen LogP contribution in [0.1, 0.15) is 11.3 Å². The van der Waals surface area contributed by atoms with Crippen LogP contribution in [0.25, 0.3) is 28.2 Å². The second kappa shape index (κ2) is 9.04. The lowest BCUT2D eigenvalue weighted by atomic mass is 10.0. The molecule has 0 fully saturated rings. The molecular weight excluding hydrogens is 485 g/mol. The molecule has 0 saturated carbocycles. The number of benzene rings is 3. The smallest absolute Gasteiger partial charge is 0.450 e. The zero-order chi connectivity index (χ0) is 22.7. The minimum absolute atomic E-state index is 0.0445. The van der Waals surface area contributed by atoms with Crippen molar-refractivity contribution in [1.82, 2.24) is 0 Å². The van der Waals surface area contributed by atoms with E-state index in [4.69, 9.17) is 9.15 Å². The Morgan fingerprint density at radius 1 is 0.969 bits per heavy atom. The minimum atomic E-state index is -4.84. The lowest BCUT2D eigenvalue weighted by molar-refractivity contribution is -0.152. The van der Waals surface area contributed by atoms with Crippen LogP contribution < -0.4 is 10.2 Å². The van der Waals surface area contributed by atoms with E-state index < -0.39 is 22.9 Å². The van der Waals surface area contributed by atoms with Crippen LogP contribution in [0.2, 0.25) is 0 Å². The number of alkyl halides is 3. The zero-order valence-electron chi connectivity index (χ0n) is 16.5. The van der Waals surface area contributed by atoms with E-state index in [0.29, 0.717) is 10.2 Å². The molecule has 3 nitrogen and oxygen atoms in total. The van der Waals surface area contributed by atoms with E-state index in [-0.39, 0.29) is 23.1 Å². The molecule has 3 aromatic carbocycles. The molecule has 0 aliphatic rings. The largest absolute Gasteiger partial charge is 0.489 e. The summed E-state index contributed by atoms with van der Waals surface area (Å²) in [6.07, 6.45) is -1.19.